The normalized spacial score (nSPS) is 13.6. The van der Waals surface area contributed by atoms with Crippen LogP contribution in [0.2, 0.25) is 0 Å². The van der Waals surface area contributed by atoms with Gasteiger partial charge in [-0.25, -0.2) is 4.79 Å². The van der Waals surface area contributed by atoms with Gasteiger partial charge in [-0.05, 0) is 48.4 Å². The van der Waals surface area contributed by atoms with Crippen molar-refractivity contribution in [1.82, 2.24) is 4.90 Å². The summed E-state index contributed by atoms with van der Waals surface area (Å²) in [6, 6.07) is 18.3. The molecule has 1 N–H and O–H groups in total. The minimum atomic E-state index is 0.0196. The minimum Gasteiger partial charge on any atom is -0.324 e. The first-order valence-corrected chi connectivity index (χ1v) is 8.47. The number of urea groups is 1. The second-order valence-electron chi connectivity index (χ2n) is 6.26. The van der Waals surface area contributed by atoms with E-state index in [0.717, 1.165) is 30.8 Å². The molecular weight excluding hydrogens is 284 g/mol. The van der Waals surface area contributed by atoms with Gasteiger partial charge in [0.05, 0.1) is 0 Å². The van der Waals surface area contributed by atoms with Crippen LogP contribution in [0.15, 0.2) is 54.6 Å². The highest BCUT2D eigenvalue weighted by atomic mass is 16.2. The summed E-state index contributed by atoms with van der Waals surface area (Å²) in [6.45, 7) is 3.83. The van der Waals surface area contributed by atoms with Gasteiger partial charge < -0.3 is 10.2 Å². The number of anilines is 1. The molecule has 3 rings (SSSR count). The third-order valence-corrected chi connectivity index (χ3v) is 4.20. The molecular formula is C20H24N2O. The number of benzene rings is 2. The van der Waals surface area contributed by atoms with Gasteiger partial charge in [-0.1, -0.05) is 49.4 Å². The molecule has 0 heterocycles. The second-order valence-corrected chi connectivity index (χ2v) is 6.26. The molecule has 3 heteroatoms. The molecule has 0 unspecified atom stereocenters. The smallest absolute Gasteiger partial charge is 0.321 e. The Hall–Kier alpha value is -2.29. The Morgan fingerprint density at radius 3 is 2.30 bits per heavy atom. The summed E-state index contributed by atoms with van der Waals surface area (Å²) in [4.78, 5) is 14.4. The van der Waals surface area contributed by atoms with Crippen LogP contribution in [-0.4, -0.2) is 24.0 Å². The first kappa shape index (κ1) is 15.6. The zero-order valence-electron chi connectivity index (χ0n) is 13.7. The lowest BCUT2D eigenvalue weighted by Gasteiger charge is -2.22. The van der Waals surface area contributed by atoms with Gasteiger partial charge in [0, 0.05) is 18.8 Å². The molecule has 0 spiro atoms. The van der Waals surface area contributed by atoms with E-state index in [2.05, 4.69) is 36.5 Å². The first-order chi connectivity index (χ1) is 11.3. The molecule has 0 radical (unpaired) electrons. The Labute approximate surface area is 138 Å². The average Bonchev–Trinajstić information content (AvgIpc) is 3.40. The molecule has 120 valence electrons. The van der Waals surface area contributed by atoms with Crippen LogP contribution in [0, 0.1) is 5.92 Å². The van der Waals surface area contributed by atoms with Crippen LogP contribution >= 0.6 is 0 Å². The van der Waals surface area contributed by atoms with Crippen molar-refractivity contribution in [3.05, 3.63) is 54.6 Å². The molecule has 1 aliphatic rings. The number of carbonyl (C=O) groups excluding carboxylic acids is 1. The maximum Gasteiger partial charge on any atom is 0.321 e. The highest BCUT2D eigenvalue weighted by Crippen LogP contribution is 2.30. The molecule has 0 atom stereocenters. The van der Waals surface area contributed by atoms with Gasteiger partial charge in [0.1, 0.15) is 0 Å². The van der Waals surface area contributed by atoms with E-state index in [1.165, 1.54) is 18.4 Å². The van der Waals surface area contributed by atoms with E-state index >= 15 is 0 Å². The van der Waals surface area contributed by atoms with E-state index in [1.807, 2.05) is 35.2 Å². The van der Waals surface area contributed by atoms with E-state index in [0.29, 0.717) is 5.92 Å². The van der Waals surface area contributed by atoms with Crippen LogP contribution in [0.5, 0.6) is 0 Å². The van der Waals surface area contributed by atoms with Crippen molar-refractivity contribution in [1.29, 1.82) is 0 Å². The summed E-state index contributed by atoms with van der Waals surface area (Å²) in [6.07, 6.45) is 3.52. The maximum absolute atomic E-state index is 12.4. The van der Waals surface area contributed by atoms with E-state index in [-0.39, 0.29) is 6.03 Å². The SMILES string of the molecule is CCCN(CC1CC1)C(=O)Nc1ccc(-c2ccccc2)cc1. The second kappa shape index (κ2) is 7.32. The van der Waals surface area contributed by atoms with Gasteiger partial charge in [-0.2, -0.15) is 0 Å². The number of carbonyl (C=O) groups is 1. The van der Waals surface area contributed by atoms with Crippen LogP contribution in [-0.2, 0) is 0 Å². The van der Waals surface area contributed by atoms with Crippen molar-refractivity contribution in [3.63, 3.8) is 0 Å². The van der Waals surface area contributed by atoms with Crippen LogP contribution in [0.4, 0.5) is 10.5 Å². The molecule has 1 fully saturated rings. The van der Waals surface area contributed by atoms with Crippen molar-refractivity contribution >= 4 is 11.7 Å². The Bertz CT molecular complexity index is 632. The Morgan fingerprint density at radius 1 is 1.04 bits per heavy atom. The maximum atomic E-state index is 12.4. The average molecular weight is 308 g/mol. The molecule has 2 aromatic rings. The van der Waals surface area contributed by atoms with Gasteiger partial charge in [0.2, 0.25) is 0 Å². The first-order valence-electron chi connectivity index (χ1n) is 8.47. The van der Waals surface area contributed by atoms with Crippen LogP contribution in [0.3, 0.4) is 0 Å². The molecule has 1 saturated carbocycles. The molecule has 1 aliphatic carbocycles. The van der Waals surface area contributed by atoms with Crippen molar-refractivity contribution in [2.45, 2.75) is 26.2 Å². The summed E-state index contributed by atoms with van der Waals surface area (Å²) in [7, 11) is 0. The van der Waals surface area contributed by atoms with Gasteiger partial charge in [-0.3, -0.25) is 0 Å². The van der Waals surface area contributed by atoms with Crippen molar-refractivity contribution in [2.24, 2.45) is 5.92 Å². The number of nitrogens with zero attached hydrogens (tertiary/aromatic N) is 1. The molecule has 0 aliphatic heterocycles. The zero-order chi connectivity index (χ0) is 16.1. The van der Waals surface area contributed by atoms with E-state index in [9.17, 15) is 4.79 Å². The molecule has 0 saturated heterocycles. The highest BCUT2D eigenvalue weighted by molar-refractivity contribution is 5.89. The fourth-order valence-electron chi connectivity index (χ4n) is 2.74. The summed E-state index contributed by atoms with van der Waals surface area (Å²) in [5, 5.41) is 3.03. The predicted octanol–water partition coefficient (Wildman–Crippen LogP) is 5.01. The summed E-state index contributed by atoms with van der Waals surface area (Å²) in [5.41, 5.74) is 3.20. The van der Waals surface area contributed by atoms with Gasteiger partial charge in [0.25, 0.3) is 0 Å². The van der Waals surface area contributed by atoms with E-state index in [4.69, 9.17) is 0 Å². The molecule has 23 heavy (non-hydrogen) atoms. The molecule has 0 aromatic heterocycles. The fraction of sp³-hybridized carbons (Fsp3) is 0.350. The molecule has 2 aromatic carbocycles. The minimum absolute atomic E-state index is 0.0196. The van der Waals surface area contributed by atoms with Gasteiger partial charge in [0.15, 0.2) is 0 Å². The molecule has 0 bridgehead atoms. The van der Waals surface area contributed by atoms with Crippen LogP contribution < -0.4 is 5.32 Å². The number of hydrogen-bond donors (Lipinski definition) is 1. The summed E-state index contributed by atoms with van der Waals surface area (Å²) in [5.74, 6) is 0.716. The fourth-order valence-corrected chi connectivity index (χ4v) is 2.74. The standard InChI is InChI=1S/C20H24N2O/c1-2-14-22(15-16-8-9-16)20(23)21-19-12-10-18(11-13-19)17-6-4-3-5-7-17/h3-7,10-13,16H,2,8-9,14-15H2,1H3,(H,21,23). The Balaban J connectivity index is 1.63. The lowest BCUT2D eigenvalue weighted by Crippen LogP contribution is -2.37. The lowest BCUT2D eigenvalue weighted by atomic mass is 10.1. The topological polar surface area (TPSA) is 32.3 Å². The van der Waals surface area contributed by atoms with Crippen LogP contribution in [0.25, 0.3) is 11.1 Å². The summed E-state index contributed by atoms with van der Waals surface area (Å²) >= 11 is 0. The van der Waals surface area contributed by atoms with Gasteiger partial charge in [-0.15, -0.1) is 0 Å². The highest BCUT2D eigenvalue weighted by Gasteiger charge is 2.26. The Kier molecular flexibility index (Phi) is 4.96. The number of rotatable bonds is 6. The number of nitrogens with one attached hydrogen (secondary N) is 1. The largest absolute Gasteiger partial charge is 0.324 e. The van der Waals surface area contributed by atoms with Crippen molar-refractivity contribution < 1.29 is 4.79 Å². The number of amides is 2. The van der Waals surface area contributed by atoms with Crippen molar-refractivity contribution in [2.75, 3.05) is 18.4 Å². The van der Waals surface area contributed by atoms with Gasteiger partial charge >= 0.3 is 6.03 Å². The van der Waals surface area contributed by atoms with E-state index in [1.54, 1.807) is 0 Å². The number of hydrogen-bond acceptors (Lipinski definition) is 1. The predicted molar refractivity (Wildman–Crippen MR) is 95.5 cm³/mol. The Morgan fingerprint density at radius 2 is 1.70 bits per heavy atom. The van der Waals surface area contributed by atoms with Crippen LogP contribution in [0.1, 0.15) is 26.2 Å². The third-order valence-electron chi connectivity index (χ3n) is 4.20. The van der Waals surface area contributed by atoms with Crippen molar-refractivity contribution in [3.8, 4) is 11.1 Å². The molecule has 3 nitrogen and oxygen atoms in total. The third kappa shape index (κ3) is 4.35. The van der Waals surface area contributed by atoms with E-state index < -0.39 is 0 Å². The molecule has 2 amide bonds. The zero-order valence-corrected chi connectivity index (χ0v) is 13.7. The monoisotopic (exact) mass is 308 g/mol. The lowest BCUT2D eigenvalue weighted by molar-refractivity contribution is 0.209. The summed E-state index contributed by atoms with van der Waals surface area (Å²) < 4.78 is 0. The quantitative estimate of drug-likeness (QED) is 0.799.